The number of nitrogens with zero attached hydrogens (tertiary/aromatic N) is 1. The summed E-state index contributed by atoms with van der Waals surface area (Å²) in [5.41, 5.74) is 2.55. The van der Waals surface area contributed by atoms with Crippen LogP contribution < -0.4 is 4.74 Å². The molecule has 2 heterocycles. The second kappa shape index (κ2) is 10.6. The topological polar surface area (TPSA) is 49.8 Å². The summed E-state index contributed by atoms with van der Waals surface area (Å²) in [6.07, 6.45) is 4.15. The number of ether oxygens (including phenoxy) is 1. The molecule has 4 rings (SSSR count). The van der Waals surface area contributed by atoms with Gasteiger partial charge in [-0.15, -0.1) is 11.3 Å². The Morgan fingerprint density at radius 2 is 1.87 bits per heavy atom. The largest absolute Gasteiger partial charge is 0.492 e. The molecule has 4 nitrogen and oxygen atoms in total. The van der Waals surface area contributed by atoms with Gasteiger partial charge in [-0.25, -0.2) is 0 Å². The predicted molar refractivity (Wildman–Crippen MR) is 126 cm³/mol. The van der Waals surface area contributed by atoms with E-state index in [1.54, 1.807) is 0 Å². The first kappa shape index (κ1) is 21.6. The van der Waals surface area contributed by atoms with Crippen LogP contribution in [0.3, 0.4) is 0 Å². The van der Waals surface area contributed by atoms with E-state index in [9.17, 15) is 4.79 Å². The monoisotopic (exact) mass is 435 g/mol. The van der Waals surface area contributed by atoms with Crippen molar-refractivity contribution in [3.8, 4) is 16.2 Å². The smallest absolute Gasteiger partial charge is 0.303 e. The summed E-state index contributed by atoms with van der Waals surface area (Å²) in [6, 6.07) is 23.7. The fraction of sp³-hybridized carbons (Fsp3) is 0.346. The Morgan fingerprint density at radius 1 is 1.06 bits per heavy atom. The van der Waals surface area contributed by atoms with E-state index >= 15 is 0 Å². The van der Waals surface area contributed by atoms with Crippen LogP contribution in [0.15, 0.2) is 66.7 Å². The van der Waals surface area contributed by atoms with E-state index in [0.717, 1.165) is 38.1 Å². The van der Waals surface area contributed by atoms with Crippen molar-refractivity contribution >= 4 is 17.3 Å². The van der Waals surface area contributed by atoms with Crippen LogP contribution >= 0.6 is 11.3 Å². The quantitative estimate of drug-likeness (QED) is 0.443. The van der Waals surface area contributed by atoms with E-state index in [-0.39, 0.29) is 6.42 Å². The van der Waals surface area contributed by atoms with Crippen LogP contribution in [-0.4, -0.2) is 41.7 Å². The molecular weight excluding hydrogens is 406 g/mol. The van der Waals surface area contributed by atoms with Gasteiger partial charge < -0.3 is 9.84 Å². The molecule has 1 N–H and O–H groups in total. The Bertz CT molecular complexity index is 968. The summed E-state index contributed by atoms with van der Waals surface area (Å²) in [4.78, 5) is 15.8. The lowest BCUT2D eigenvalue weighted by Crippen LogP contribution is -2.35. The number of hydrogen-bond acceptors (Lipinski definition) is 4. The van der Waals surface area contributed by atoms with Gasteiger partial charge in [-0.05, 0) is 67.7 Å². The van der Waals surface area contributed by atoms with Gasteiger partial charge in [-0.1, -0.05) is 42.5 Å². The van der Waals surface area contributed by atoms with Crippen molar-refractivity contribution in [2.45, 2.75) is 38.1 Å². The molecule has 1 aliphatic rings. The normalized spacial score (nSPS) is 16.5. The van der Waals surface area contributed by atoms with Gasteiger partial charge in [0.2, 0.25) is 0 Å². The average Bonchev–Trinajstić information content (AvgIpc) is 3.43. The van der Waals surface area contributed by atoms with E-state index in [4.69, 9.17) is 9.84 Å². The van der Waals surface area contributed by atoms with Crippen molar-refractivity contribution in [3.05, 3.63) is 77.2 Å². The molecule has 0 radical (unpaired) electrons. The van der Waals surface area contributed by atoms with Gasteiger partial charge in [-0.3, -0.25) is 9.69 Å². The zero-order valence-corrected chi connectivity index (χ0v) is 18.5. The van der Waals surface area contributed by atoms with E-state index < -0.39 is 5.97 Å². The van der Waals surface area contributed by atoms with Crippen molar-refractivity contribution in [1.82, 2.24) is 4.90 Å². The molecule has 5 heteroatoms. The molecule has 0 unspecified atom stereocenters. The number of carbonyl (C=O) groups is 1. The van der Waals surface area contributed by atoms with Crippen LogP contribution in [-0.2, 0) is 11.2 Å². The van der Waals surface area contributed by atoms with E-state index in [1.807, 2.05) is 17.4 Å². The Balaban J connectivity index is 1.27. The summed E-state index contributed by atoms with van der Waals surface area (Å²) < 4.78 is 6.06. The maximum Gasteiger partial charge on any atom is 0.303 e. The highest BCUT2D eigenvalue weighted by Gasteiger charge is 2.24. The molecule has 1 atom stereocenters. The molecule has 2 aromatic carbocycles. The maximum atomic E-state index is 10.7. The van der Waals surface area contributed by atoms with Gasteiger partial charge in [0.15, 0.2) is 0 Å². The van der Waals surface area contributed by atoms with Crippen molar-refractivity contribution in [1.29, 1.82) is 0 Å². The summed E-state index contributed by atoms with van der Waals surface area (Å²) in [5.74, 6) is 0.184. The number of likely N-dealkylation sites (tertiary alicyclic amines) is 1. The Hall–Kier alpha value is -2.63. The van der Waals surface area contributed by atoms with Crippen LogP contribution in [0.2, 0.25) is 0 Å². The molecule has 1 saturated heterocycles. The standard InChI is InChI=1S/C26H29NO3S/c28-26(29)9-5-17-27-16-4-8-22(27)19-30-23-12-10-20(11-13-23)18-24-14-15-25(31-24)21-6-2-1-3-7-21/h1-3,6-7,10-15,22H,4-5,8-9,16-19H2,(H,28,29)/t22-/m0/s1. The van der Waals surface area contributed by atoms with Gasteiger partial charge in [0, 0.05) is 28.6 Å². The number of rotatable bonds is 10. The van der Waals surface area contributed by atoms with Crippen LogP contribution in [0.5, 0.6) is 5.75 Å². The highest BCUT2D eigenvalue weighted by molar-refractivity contribution is 7.15. The highest BCUT2D eigenvalue weighted by atomic mass is 32.1. The first-order valence-corrected chi connectivity index (χ1v) is 11.8. The number of aliphatic carboxylic acids is 1. The average molecular weight is 436 g/mol. The van der Waals surface area contributed by atoms with Crippen LogP contribution in [0.25, 0.3) is 10.4 Å². The molecule has 0 saturated carbocycles. The molecule has 0 amide bonds. The molecule has 0 bridgehead atoms. The van der Waals surface area contributed by atoms with E-state index in [0.29, 0.717) is 19.1 Å². The second-order valence-electron chi connectivity index (χ2n) is 8.09. The third-order valence-corrected chi connectivity index (χ3v) is 6.93. The number of thiophene rings is 1. The second-order valence-corrected chi connectivity index (χ2v) is 9.26. The van der Waals surface area contributed by atoms with Gasteiger partial charge in [0.1, 0.15) is 12.4 Å². The molecule has 0 aliphatic carbocycles. The molecule has 1 aliphatic heterocycles. The number of carboxylic acid groups (broad SMARTS) is 1. The number of carboxylic acids is 1. The first-order chi connectivity index (χ1) is 15.2. The van der Waals surface area contributed by atoms with E-state index in [2.05, 4.69) is 65.6 Å². The Morgan fingerprint density at radius 3 is 2.65 bits per heavy atom. The molecule has 1 aromatic heterocycles. The van der Waals surface area contributed by atoms with Gasteiger partial charge in [0.25, 0.3) is 0 Å². The summed E-state index contributed by atoms with van der Waals surface area (Å²) in [7, 11) is 0. The van der Waals surface area contributed by atoms with Gasteiger partial charge in [0.05, 0.1) is 0 Å². The lowest BCUT2D eigenvalue weighted by molar-refractivity contribution is -0.137. The molecule has 162 valence electrons. The SMILES string of the molecule is O=C(O)CCCN1CCC[C@H]1COc1ccc(Cc2ccc(-c3ccccc3)s2)cc1. The van der Waals surface area contributed by atoms with Crippen LogP contribution in [0.1, 0.15) is 36.1 Å². The third kappa shape index (κ3) is 6.18. The van der Waals surface area contributed by atoms with E-state index in [1.165, 1.54) is 20.9 Å². The minimum Gasteiger partial charge on any atom is -0.492 e. The van der Waals surface area contributed by atoms with Crippen molar-refractivity contribution in [3.63, 3.8) is 0 Å². The molecular formula is C26H29NO3S. The van der Waals surface area contributed by atoms with Crippen molar-refractivity contribution in [2.24, 2.45) is 0 Å². The lowest BCUT2D eigenvalue weighted by atomic mass is 10.1. The highest BCUT2D eigenvalue weighted by Crippen LogP contribution is 2.29. The van der Waals surface area contributed by atoms with Crippen molar-refractivity contribution < 1.29 is 14.6 Å². The zero-order chi connectivity index (χ0) is 21.5. The van der Waals surface area contributed by atoms with Gasteiger partial charge >= 0.3 is 5.97 Å². The van der Waals surface area contributed by atoms with Crippen LogP contribution in [0, 0.1) is 0 Å². The third-order valence-electron chi connectivity index (χ3n) is 5.80. The Kier molecular flexibility index (Phi) is 7.39. The Labute approximate surface area is 188 Å². The summed E-state index contributed by atoms with van der Waals surface area (Å²) >= 11 is 1.85. The molecule has 3 aromatic rings. The molecule has 31 heavy (non-hydrogen) atoms. The predicted octanol–water partition coefficient (Wildman–Crippen LogP) is 5.71. The summed E-state index contributed by atoms with van der Waals surface area (Å²) in [5, 5.41) is 8.83. The first-order valence-electron chi connectivity index (χ1n) is 11.0. The number of hydrogen-bond donors (Lipinski definition) is 1. The lowest BCUT2D eigenvalue weighted by Gasteiger charge is -2.24. The maximum absolute atomic E-state index is 10.7. The fourth-order valence-corrected chi connectivity index (χ4v) is 5.19. The van der Waals surface area contributed by atoms with Gasteiger partial charge in [-0.2, -0.15) is 0 Å². The minimum absolute atomic E-state index is 0.239. The number of benzene rings is 2. The fourth-order valence-electron chi connectivity index (χ4n) is 4.14. The van der Waals surface area contributed by atoms with Crippen LogP contribution in [0.4, 0.5) is 0 Å². The van der Waals surface area contributed by atoms with Crippen molar-refractivity contribution in [2.75, 3.05) is 19.7 Å². The molecule has 0 spiro atoms. The summed E-state index contributed by atoms with van der Waals surface area (Å²) in [6.45, 7) is 2.54. The zero-order valence-electron chi connectivity index (χ0n) is 17.7. The molecule has 1 fully saturated rings. The minimum atomic E-state index is -0.717.